The molecule has 0 aliphatic rings. The summed E-state index contributed by atoms with van der Waals surface area (Å²) in [5, 5.41) is 3.00. The van der Waals surface area contributed by atoms with Gasteiger partial charge in [-0.1, -0.05) is 24.6 Å². The highest BCUT2D eigenvalue weighted by molar-refractivity contribution is 5.76. The molecule has 0 spiro atoms. The summed E-state index contributed by atoms with van der Waals surface area (Å²) in [6.07, 6.45) is 1.30. The summed E-state index contributed by atoms with van der Waals surface area (Å²) >= 11 is 0. The van der Waals surface area contributed by atoms with Crippen LogP contribution in [0.1, 0.15) is 44.7 Å². The van der Waals surface area contributed by atoms with Crippen LogP contribution in [0.4, 0.5) is 0 Å². The molecule has 0 heterocycles. The molecule has 0 atom stereocenters. The summed E-state index contributed by atoms with van der Waals surface area (Å²) in [7, 11) is 0. The summed E-state index contributed by atoms with van der Waals surface area (Å²) in [5.41, 5.74) is 2.18. The minimum absolute atomic E-state index is 0.0385. The molecule has 1 amide bonds. The number of nitrogens with one attached hydrogen (secondary N) is 1. The summed E-state index contributed by atoms with van der Waals surface area (Å²) in [4.78, 5) is 11.8. The Kier molecular flexibility index (Phi) is 5.40. The van der Waals surface area contributed by atoms with Crippen molar-refractivity contribution >= 4 is 5.91 Å². The van der Waals surface area contributed by atoms with Gasteiger partial charge in [0.1, 0.15) is 5.75 Å². The van der Waals surface area contributed by atoms with Crippen molar-refractivity contribution in [3.05, 3.63) is 29.3 Å². The molecule has 3 heteroatoms. The zero-order chi connectivity index (χ0) is 14.5. The number of hydrogen-bond acceptors (Lipinski definition) is 2. The second-order valence-electron chi connectivity index (χ2n) is 5.65. The van der Waals surface area contributed by atoms with Crippen molar-refractivity contribution in [2.75, 3.05) is 6.61 Å². The fourth-order valence-electron chi connectivity index (χ4n) is 1.74. The van der Waals surface area contributed by atoms with Gasteiger partial charge in [-0.15, -0.1) is 0 Å². The molecule has 0 unspecified atom stereocenters. The van der Waals surface area contributed by atoms with Crippen LogP contribution >= 0.6 is 0 Å². The van der Waals surface area contributed by atoms with Crippen LogP contribution in [0.3, 0.4) is 0 Å². The predicted octanol–water partition coefficient (Wildman–Crippen LogP) is 3.38. The average molecular weight is 263 g/mol. The van der Waals surface area contributed by atoms with E-state index in [0.717, 1.165) is 17.7 Å². The normalized spacial score (nSPS) is 11.2. The Bertz CT molecular complexity index is 438. The molecule has 0 bridgehead atoms. The van der Waals surface area contributed by atoms with Crippen molar-refractivity contribution in [1.29, 1.82) is 0 Å². The molecule has 3 nitrogen and oxygen atoms in total. The van der Waals surface area contributed by atoms with Gasteiger partial charge in [-0.3, -0.25) is 4.79 Å². The number of carbonyl (C=O) groups is 1. The molecule has 0 aromatic heterocycles. The van der Waals surface area contributed by atoms with E-state index in [9.17, 15) is 4.79 Å². The third-order valence-electron chi connectivity index (χ3n) is 3.28. The van der Waals surface area contributed by atoms with E-state index in [-0.39, 0.29) is 11.4 Å². The minimum Gasteiger partial charge on any atom is -0.493 e. The maximum atomic E-state index is 11.8. The first-order valence-corrected chi connectivity index (χ1v) is 6.85. The molecule has 0 saturated carbocycles. The monoisotopic (exact) mass is 263 g/mol. The number of aryl methyl sites for hydroxylation is 2. The lowest BCUT2D eigenvalue weighted by Crippen LogP contribution is -2.43. The molecule has 19 heavy (non-hydrogen) atoms. The van der Waals surface area contributed by atoms with Crippen molar-refractivity contribution in [3.63, 3.8) is 0 Å². The quantitative estimate of drug-likeness (QED) is 0.854. The molecule has 1 rings (SSSR count). The Balaban J connectivity index is 2.40. The number of carbonyl (C=O) groups excluding carboxylic acids is 1. The lowest BCUT2D eigenvalue weighted by Gasteiger charge is -2.24. The molecule has 0 saturated heterocycles. The molecular formula is C16H25NO2. The van der Waals surface area contributed by atoms with Crippen LogP contribution in [0.15, 0.2) is 18.2 Å². The fourth-order valence-corrected chi connectivity index (χ4v) is 1.74. The first-order chi connectivity index (χ1) is 8.84. The van der Waals surface area contributed by atoms with E-state index in [0.29, 0.717) is 13.0 Å². The van der Waals surface area contributed by atoms with E-state index in [2.05, 4.69) is 25.2 Å². The van der Waals surface area contributed by atoms with Gasteiger partial charge in [0.2, 0.25) is 5.91 Å². The Morgan fingerprint density at radius 3 is 2.58 bits per heavy atom. The van der Waals surface area contributed by atoms with Crippen LogP contribution in [0.2, 0.25) is 0 Å². The maximum absolute atomic E-state index is 11.8. The smallest absolute Gasteiger partial charge is 0.223 e. The Labute approximate surface area is 116 Å². The van der Waals surface area contributed by atoms with E-state index >= 15 is 0 Å². The van der Waals surface area contributed by atoms with Crippen LogP contribution in [-0.4, -0.2) is 18.1 Å². The molecule has 1 aromatic carbocycles. The van der Waals surface area contributed by atoms with Gasteiger partial charge in [0.25, 0.3) is 0 Å². The van der Waals surface area contributed by atoms with E-state index in [1.165, 1.54) is 5.56 Å². The highest BCUT2D eigenvalue weighted by Crippen LogP contribution is 2.18. The topological polar surface area (TPSA) is 38.3 Å². The summed E-state index contributed by atoms with van der Waals surface area (Å²) in [6, 6.07) is 6.05. The van der Waals surface area contributed by atoms with Crippen molar-refractivity contribution in [1.82, 2.24) is 5.32 Å². The van der Waals surface area contributed by atoms with Crippen LogP contribution < -0.4 is 10.1 Å². The second kappa shape index (κ2) is 6.60. The summed E-state index contributed by atoms with van der Waals surface area (Å²) < 4.78 is 5.65. The number of rotatable bonds is 6. The number of ether oxygens (including phenoxy) is 1. The highest BCUT2D eigenvalue weighted by Gasteiger charge is 2.17. The van der Waals surface area contributed by atoms with Crippen LogP contribution in [-0.2, 0) is 4.79 Å². The molecule has 0 radical (unpaired) electrons. The van der Waals surface area contributed by atoms with Crippen LogP contribution in [0.25, 0.3) is 0 Å². The second-order valence-corrected chi connectivity index (χ2v) is 5.65. The third kappa shape index (κ3) is 5.33. The third-order valence-corrected chi connectivity index (χ3v) is 3.28. The summed E-state index contributed by atoms with van der Waals surface area (Å²) in [5.74, 6) is 0.893. The SMILES string of the molecule is CCC(C)(C)NC(=O)CCOc1ccc(C)cc1C. The largest absolute Gasteiger partial charge is 0.493 e. The van der Waals surface area contributed by atoms with E-state index < -0.39 is 0 Å². The molecule has 1 aromatic rings. The molecular weight excluding hydrogens is 238 g/mol. The standard InChI is InChI=1S/C16H25NO2/c1-6-16(4,5)17-15(18)9-10-19-14-8-7-12(2)11-13(14)3/h7-8,11H,6,9-10H2,1-5H3,(H,17,18). The van der Waals surface area contributed by atoms with Gasteiger partial charge in [-0.2, -0.15) is 0 Å². The Hall–Kier alpha value is -1.51. The van der Waals surface area contributed by atoms with Gasteiger partial charge in [-0.25, -0.2) is 0 Å². The molecule has 0 aliphatic carbocycles. The van der Waals surface area contributed by atoms with Gasteiger partial charge in [0.15, 0.2) is 0 Å². The van der Waals surface area contributed by atoms with Crippen molar-refractivity contribution in [3.8, 4) is 5.75 Å². The van der Waals surface area contributed by atoms with E-state index in [1.807, 2.05) is 32.9 Å². The predicted molar refractivity (Wildman–Crippen MR) is 78.5 cm³/mol. The molecule has 106 valence electrons. The fraction of sp³-hybridized carbons (Fsp3) is 0.562. The van der Waals surface area contributed by atoms with Crippen molar-refractivity contribution in [2.45, 2.75) is 53.0 Å². The first-order valence-electron chi connectivity index (χ1n) is 6.85. The van der Waals surface area contributed by atoms with Gasteiger partial charge in [0.05, 0.1) is 13.0 Å². The average Bonchev–Trinajstić information content (AvgIpc) is 2.31. The van der Waals surface area contributed by atoms with Gasteiger partial charge >= 0.3 is 0 Å². The maximum Gasteiger partial charge on any atom is 0.223 e. The highest BCUT2D eigenvalue weighted by atomic mass is 16.5. The van der Waals surface area contributed by atoms with Gasteiger partial charge < -0.3 is 10.1 Å². The first kappa shape index (κ1) is 15.5. The minimum atomic E-state index is -0.142. The van der Waals surface area contributed by atoms with Crippen molar-refractivity contribution in [2.24, 2.45) is 0 Å². The van der Waals surface area contributed by atoms with Crippen LogP contribution in [0, 0.1) is 13.8 Å². The molecule has 0 fully saturated rings. The zero-order valence-corrected chi connectivity index (χ0v) is 12.7. The van der Waals surface area contributed by atoms with Crippen molar-refractivity contribution < 1.29 is 9.53 Å². The van der Waals surface area contributed by atoms with Gasteiger partial charge in [0, 0.05) is 5.54 Å². The summed E-state index contributed by atoms with van der Waals surface area (Å²) in [6.45, 7) is 10.6. The molecule has 1 N–H and O–H groups in total. The Morgan fingerprint density at radius 2 is 2.00 bits per heavy atom. The molecule has 0 aliphatic heterocycles. The van der Waals surface area contributed by atoms with E-state index in [4.69, 9.17) is 4.74 Å². The lowest BCUT2D eigenvalue weighted by molar-refractivity contribution is -0.123. The van der Waals surface area contributed by atoms with E-state index in [1.54, 1.807) is 0 Å². The number of amides is 1. The lowest BCUT2D eigenvalue weighted by atomic mass is 10.0. The number of benzene rings is 1. The zero-order valence-electron chi connectivity index (χ0n) is 12.7. The van der Waals surface area contributed by atoms with Crippen LogP contribution in [0.5, 0.6) is 5.75 Å². The number of hydrogen-bond donors (Lipinski definition) is 1. The van der Waals surface area contributed by atoms with Gasteiger partial charge in [-0.05, 0) is 45.7 Å². The Morgan fingerprint density at radius 1 is 1.32 bits per heavy atom.